The standard InChI is InChI=1S/C14H14FNO5/c1-7-11(14(17)20-4)12(16-21-7)8-5-9(15)13(19-3)10(6-8)18-2/h5-6H,1-4H3. The molecule has 0 unspecified atom stereocenters. The van der Waals surface area contributed by atoms with E-state index < -0.39 is 11.8 Å². The van der Waals surface area contributed by atoms with Crippen molar-refractivity contribution in [1.29, 1.82) is 0 Å². The summed E-state index contributed by atoms with van der Waals surface area (Å²) in [5.74, 6) is -0.806. The molecule has 0 spiro atoms. The molecule has 0 saturated heterocycles. The third kappa shape index (κ3) is 2.54. The first-order chi connectivity index (χ1) is 10.0. The van der Waals surface area contributed by atoms with Gasteiger partial charge in [-0.2, -0.15) is 0 Å². The second-order valence-corrected chi connectivity index (χ2v) is 4.15. The Balaban J connectivity index is 2.63. The van der Waals surface area contributed by atoms with Crippen LogP contribution >= 0.6 is 0 Å². The highest BCUT2D eigenvalue weighted by Gasteiger charge is 2.24. The van der Waals surface area contributed by atoms with E-state index in [4.69, 9.17) is 14.0 Å². The smallest absolute Gasteiger partial charge is 0.343 e. The molecule has 1 aromatic carbocycles. The molecule has 7 heteroatoms. The van der Waals surface area contributed by atoms with Gasteiger partial charge in [0.15, 0.2) is 17.3 Å². The number of esters is 1. The van der Waals surface area contributed by atoms with Gasteiger partial charge in [0.05, 0.1) is 21.3 Å². The summed E-state index contributed by atoms with van der Waals surface area (Å²) in [5.41, 5.74) is 0.644. The van der Waals surface area contributed by atoms with Gasteiger partial charge < -0.3 is 18.7 Å². The Labute approximate surface area is 120 Å². The van der Waals surface area contributed by atoms with Crippen LogP contribution in [0.4, 0.5) is 4.39 Å². The van der Waals surface area contributed by atoms with Crippen molar-refractivity contribution in [1.82, 2.24) is 5.16 Å². The van der Waals surface area contributed by atoms with Gasteiger partial charge in [0.2, 0.25) is 0 Å². The maximum absolute atomic E-state index is 14.0. The van der Waals surface area contributed by atoms with E-state index in [1.807, 2.05) is 0 Å². The number of halogens is 1. The molecule has 112 valence electrons. The zero-order chi connectivity index (χ0) is 15.6. The first kappa shape index (κ1) is 14.8. The number of methoxy groups -OCH3 is 3. The van der Waals surface area contributed by atoms with Crippen LogP contribution in [0.1, 0.15) is 16.1 Å². The predicted octanol–water partition coefficient (Wildman–Crippen LogP) is 2.59. The molecule has 2 rings (SSSR count). The minimum atomic E-state index is -0.636. The van der Waals surface area contributed by atoms with Crippen LogP contribution in [0.15, 0.2) is 16.7 Å². The van der Waals surface area contributed by atoms with Crippen molar-refractivity contribution < 1.29 is 27.9 Å². The predicted molar refractivity (Wildman–Crippen MR) is 71.1 cm³/mol. The molecule has 0 fully saturated rings. The lowest BCUT2D eigenvalue weighted by Crippen LogP contribution is -2.04. The molecule has 0 aliphatic heterocycles. The molecule has 0 bridgehead atoms. The molecule has 0 atom stereocenters. The fraction of sp³-hybridized carbons (Fsp3) is 0.286. The molecule has 2 aromatic rings. The summed E-state index contributed by atoms with van der Waals surface area (Å²) >= 11 is 0. The van der Waals surface area contributed by atoms with Crippen molar-refractivity contribution in [2.75, 3.05) is 21.3 Å². The van der Waals surface area contributed by atoms with Gasteiger partial charge in [-0.3, -0.25) is 0 Å². The van der Waals surface area contributed by atoms with Crippen LogP contribution in [-0.4, -0.2) is 32.5 Å². The van der Waals surface area contributed by atoms with E-state index in [0.717, 1.165) is 0 Å². The number of ether oxygens (including phenoxy) is 3. The minimum absolute atomic E-state index is 0.0268. The third-order valence-corrected chi connectivity index (χ3v) is 2.96. The fourth-order valence-electron chi connectivity index (χ4n) is 1.97. The molecule has 21 heavy (non-hydrogen) atoms. The van der Waals surface area contributed by atoms with Gasteiger partial charge in [-0.15, -0.1) is 0 Å². The molecule has 6 nitrogen and oxygen atoms in total. The van der Waals surface area contributed by atoms with Crippen LogP contribution in [0.2, 0.25) is 0 Å². The number of aryl methyl sites for hydroxylation is 1. The third-order valence-electron chi connectivity index (χ3n) is 2.96. The maximum Gasteiger partial charge on any atom is 0.343 e. The lowest BCUT2D eigenvalue weighted by Gasteiger charge is -2.10. The summed E-state index contributed by atoms with van der Waals surface area (Å²) in [6.45, 7) is 1.57. The Hall–Kier alpha value is -2.57. The molecule has 1 heterocycles. The van der Waals surface area contributed by atoms with Crippen LogP contribution in [0.5, 0.6) is 11.5 Å². The van der Waals surface area contributed by atoms with Crippen LogP contribution in [-0.2, 0) is 4.74 Å². The van der Waals surface area contributed by atoms with Crippen LogP contribution in [0.25, 0.3) is 11.3 Å². The van der Waals surface area contributed by atoms with E-state index in [-0.39, 0.29) is 28.5 Å². The van der Waals surface area contributed by atoms with Gasteiger partial charge >= 0.3 is 5.97 Å². The monoisotopic (exact) mass is 295 g/mol. The average Bonchev–Trinajstić information content (AvgIpc) is 2.87. The van der Waals surface area contributed by atoms with Gasteiger partial charge in [-0.25, -0.2) is 9.18 Å². The van der Waals surface area contributed by atoms with Crippen LogP contribution < -0.4 is 9.47 Å². The molecule has 0 aliphatic rings. The Morgan fingerprint density at radius 1 is 1.24 bits per heavy atom. The quantitative estimate of drug-likeness (QED) is 0.807. The Bertz CT molecular complexity index is 680. The van der Waals surface area contributed by atoms with Crippen LogP contribution in [0, 0.1) is 12.7 Å². The minimum Gasteiger partial charge on any atom is -0.493 e. The van der Waals surface area contributed by atoms with Crippen molar-refractivity contribution >= 4 is 5.97 Å². The summed E-state index contributed by atoms with van der Waals surface area (Å²) in [6.07, 6.45) is 0. The Morgan fingerprint density at radius 3 is 2.52 bits per heavy atom. The molecule has 1 aromatic heterocycles. The SMILES string of the molecule is COC(=O)c1c(-c2cc(F)c(OC)c(OC)c2)noc1C. The van der Waals surface area contributed by atoms with Crippen molar-refractivity contribution in [3.8, 4) is 22.8 Å². The Kier molecular flexibility index (Phi) is 4.11. The second kappa shape index (κ2) is 5.82. The number of nitrogens with zero attached hydrogens (tertiary/aromatic N) is 1. The van der Waals surface area contributed by atoms with E-state index in [9.17, 15) is 9.18 Å². The number of hydrogen-bond acceptors (Lipinski definition) is 6. The summed E-state index contributed by atoms with van der Waals surface area (Å²) in [5, 5.41) is 3.79. The highest BCUT2D eigenvalue weighted by Crippen LogP contribution is 2.36. The van der Waals surface area contributed by atoms with E-state index in [0.29, 0.717) is 5.56 Å². The summed E-state index contributed by atoms with van der Waals surface area (Å²) < 4.78 is 33.7. The second-order valence-electron chi connectivity index (χ2n) is 4.15. The van der Waals surface area contributed by atoms with Crippen LogP contribution in [0.3, 0.4) is 0 Å². The largest absolute Gasteiger partial charge is 0.493 e. The first-order valence-electron chi connectivity index (χ1n) is 6.00. The molecule has 0 aliphatic carbocycles. The fourth-order valence-corrected chi connectivity index (χ4v) is 1.97. The molecular formula is C14H14FNO5. The molecule has 0 saturated carbocycles. The van der Waals surface area contributed by atoms with Crippen molar-refractivity contribution in [2.45, 2.75) is 6.92 Å². The van der Waals surface area contributed by atoms with Crippen molar-refractivity contribution in [2.24, 2.45) is 0 Å². The molecular weight excluding hydrogens is 281 g/mol. The highest BCUT2D eigenvalue weighted by molar-refractivity contribution is 5.97. The van der Waals surface area contributed by atoms with Crippen molar-refractivity contribution in [3.63, 3.8) is 0 Å². The van der Waals surface area contributed by atoms with Gasteiger partial charge in [0.1, 0.15) is 17.0 Å². The number of hydrogen-bond donors (Lipinski definition) is 0. The molecule has 0 amide bonds. The summed E-state index contributed by atoms with van der Waals surface area (Å²) in [7, 11) is 3.96. The van der Waals surface area contributed by atoms with E-state index in [1.165, 1.54) is 33.5 Å². The van der Waals surface area contributed by atoms with Crippen molar-refractivity contribution in [3.05, 3.63) is 29.3 Å². The number of carbonyl (C=O) groups is 1. The topological polar surface area (TPSA) is 70.8 Å². The first-order valence-corrected chi connectivity index (χ1v) is 6.00. The Morgan fingerprint density at radius 2 is 1.95 bits per heavy atom. The van der Waals surface area contributed by atoms with E-state index in [2.05, 4.69) is 9.89 Å². The molecule has 0 N–H and O–H groups in total. The zero-order valence-corrected chi connectivity index (χ0v) is 12.0. The number of aromatic nitrogens is 1. The normalized spacial score (nSPS) is 10.3. The molecule has 0 radical (unpaired) electrons. The maximum atomic E-state index is 14.0. The lowest BCUT2D eigenvalue weighted by molar-refractivity contribution is 0.0599. The van der Waals surface area contributed by atoms with Gasteiger partial charge in [-0.1, -0.05) is 5.16 Å². The zero-order valence-electron chi connectivity index (χ0n) is 12.0. The highest BCUT2D eigenvalue weighted by atomic mass is 19.1. The lowest BCUT2D eigenvalue weighted by atomic mass is 10.1. The van der Waals surface area contributed by atoms with E-state index in [1.54, 1.807) is 6.92 Å². The van der Waals surface area contributed by atoms with Gasteiger partial charge in [0.25, 0.3) is 0 Å². The summed E-state index contributed by atoms with van der Waals surface area (Å²) in [4.78, 5) is 11.8. The summed E-state index contributed by atoms with van der Waals surface area (Å²) in [6, 6.07) is 2.69. The van der Waals surface area contributed by atoms with E-state index >= 15 is 0 Å². The van der Waals surface area contributed by atoms with Gasteiger partial charge in [0, 0.05) is 5.56 Å². The number of rotatable bonds is 4. The number of carbonyl (C=O) groups excluding carboxylic acids is 1. The number of benzene rings is 1. The van der Waals surface area contributed by atoms with Gasteiger partial charge in [-0.05, 0) is 19.1 Å². The average molecular weight is 295 g/mol.